The molecule has 32 heteroatoms. The zero-order chi connectivity index (χ0) is 65.8. The number of phenolic OH excluding ortho intramolecular Hbond substituents is 1. The van der Waals surface area contributed by atoms with Crippen molar-refractivity contribution in [3.05, 3.63) is 102 Å². The summed E-state index contributed by atoms with van der Waals surface area (Å²) < 4.78 is 21.0. The summed E-state index contributed by atoms with van der Waals surface area (Å²) in [5.74, 6) is -10.2. The molecule has 1 aromatic heterocycles. The summed E-state index contributed by atoms with van der Waals surface area (Å²) in [6.07, 6.45) is -12.8. The van der Waals surface area contributed by atoms with E-state index in [0.717, 1.165) is 52.2 Å². The minimum atomic E-state index is -2.23. The fraction of sp³-hybridized carbons (Fsp3) is 0.424. The van der Waals surface area contributed by atoms with Crippen molar-refractivity contribution in [3.63, 3.8) is 0 Å². The number of nitrogens with two attached hydrogens (primary N) is 1. The van der Waals surface area contributed by atoms with Crippen molar-refractivity contribution in [3.8, 4) is 51.3 Å². The molecule has 0 aliphatic carbocycles. The molecule has 3 fully saturated rings. The van der Waals surface area contributed by atoms with Gasteiger partial charge in [-0.05, 0) is 90.7 Å². The molecular formula is C59H70N10O21S. The number of amides is 8. The number of aromatic hydroxyl groups is 1. The maximum atomic E-state index is 14.7. The van der Waals surface area contributed by atoms with E-state index in [9.17, 15) is 74.1 Å². The lowest BCUT2D eigenvalue weighted by atomic mass is 9.98. The number of carbonyl (C=O) groups excluding carboxylic acids is 8. The Hall–Kier alpha value is -8.83. The van der Waals surface area contributed by atoms with Crippen molar-refractivity contribution >= 4 is 59.6 Å². The van der Waals surface area contributed by atoms with Gasteiger partial charge in [-0.15, -0.1) is 10.2 Å². The van der Waals surface area contributed by atoms with E-state index in [1.807, 2.05) is 55.5 Å². The van der Waals surface area contributed by atoms with Gasteiger partial charge in [0.15, 0.2) is 11.5 Å². The van der Waals surface area contributed by atoms with Gasteiger partial charge in [-0.2, -0.15) is 0 Å². The molecule has 91 heavy (non-hydrogen) atoms. The fourth-order valence-electron chi connectivity index (χ4n) is 10.6. The molecule has 0 radical (unpaired) electrons. The van der Waals surface area contributed by atoms with Crippen LogP contribution in [0.2, 0.25) is 0 Å². The standard InChI is InChI=1S/C59H70N10O21S/c1-4-19-86-38-16-14-32(15-17-38)31-6-10-34(11-7-31)56-66-67-57(87-56)35-12-8-33(9-13-35)51(78)62-39-22-36(71)25-61-55(82)49-50(77)28(2)26-69(49)59(84)48(43(75)24-45(60)76)65-54(81)47(42(74)20-30-5-18-41(73)44(21-30)88-91-90-89-85)64-53(80)40-23-37(72)27-68(40)58(83)46(29(3)70)63-52(39)79/h5-18,21,28-29,36-37,39-40,42-43,46-50,70-75,77,85H,4,19-20,22-27H2,1-3H3,(H2,60,76)(H,61,82)(H,62,78)(H,63,79)(H,64,80)(H,65,81). The van der Waals surface area contributed by atoms with Crippen molar-refractivity contribution in [2.75, 3.05) is 26.2 Å². The second-order valence-corrected chi connectivity index (χ2v) is 22.6. The summed E-state index contributed by atoms with van der Waals surface area (Å²) in [4.78, 5) is 115. The van der Waals surface area contributed by atoms with Crippen molar-refractivity contribution < 1.29 is 102 Å². The maximum absolute atomic E-state index is 14.7. The van der Waals surface area contributed by atoms with Crippen molar-refractivity contribution in [2.45, 2.75) is 126 Å². The number of ether oxygens (including phenoxy) is 1. The van der Waals surface area contributed by atoms with E-state index in [1.165, 1.54) is 37.3 Å². The van der Waals surface area contributed by atoms with Gasteiger partial charge in [0, 0.05) is 61.5 Å². The van der Waals surface area contributed by atoms with E-state index in [1.54, 1.807) is 0 Å². The lowest BCUT2D eigenvalue weighted by molar-refractivity contribution is -0.433. The molecular weight excluding hydrogens is 1220 g/mol. The average Bonchev–Trinajstić information content (AvgIpc) is 1.72. The van der Waals surface area contributed by atoms with Crippen molar-refractivity contribution in [2.24, 2.45) is 11.7 Å². The Balaban J connectivity index is 1.07. The van der Waals surface area contributed by atoms with Gasteiger partial charge >= 0.3 is 0 Å². The van der Waals surface area contributed by atoms with Crippen LogP contribution in [0.1, 0.15) is 62.4 Å². The summed E-state index contributed by atoms with van der Waals surface area (Å²) >= 11 is 0.0533. The second-order valence-electron chi connectivity index (χ2n) is 22.2. The third-order valence-electron chi connectivity index (χ3n) is 15.4. The van der Waals surface area contributed by atoms with Gasteiger partial charge in [-0.3, -0.25) is 38.4 Å². The molecule has 3 saturated heterocycles. The Morgan fingerprint density at radius 2 is 1.35 bits per heavy atom. The highest BCUT2D eigenvalue weighted by Crippen LogP contribution is 2.33. The second kappa shape index (κ2) is 30.8. The quantitative estimate of drug-likeness (QED) is 0.0199. The first-order chi connectivity index (χ1) is 43.4. The predicted molar refractivity (Wildman–Crippen MR) is 316 cm³/mol. The number of aliphatic hydroxyl groups excluding tert-OH is 6. The Bertz CT molecular complexity index is 3400. The Morgan fingerprint density at radius 3 is 1.98 bits per heavy atom. The van der Waals surface area contributed by atoms with Gasteiger partial charge in [-0.25, -0.2) is 5.26 Å². The van der Waals surface area contributed by atoms with Crippen LogP contribution in [0, 0.1) is 5.92 Å². The Morgan fingerprint density at radius 1 is 0.747 bits per heavy atom. The van der Waals surface area contributed by atoms with Crippen LogP contribution in [0.25, 0.3) is 34.0 Å². The van der Waals surface area contributed by atoms with Crippen LogP contribution in [-0.2, 0) is 49.4 Å². The number of aliphatic hydroxyl groups is 6. The van der Waals surface area contributed by atoms with Crippen LogP contribution < -0.4 is 41.2 Å². The van der Waals surface area contributed by atoms with Crippen LogP contribution in [0.5, 0.6) is 17.2 Å². The number of hydrogen-bond donors (Lipinski definition) is 14. The van der Waals surface area contributed by atoms with E-state index in [4.69, 9.17) is 24.3 Å². The van der Waals surface area contributed by atoms with Crippen molar-refractivity contribution in [1.82, 2.24) is 46.6 Å². The Labute approximate surface area is 523 Å². The summed E-state index contributed by atoms with van der Waals surface area (Å²) in [7, 11) is 0. The van der Waals surface area contributed by atoms with E-state index < -0.39 is 177 Å². The number of phenols is 1. The topological polar surface area (TPSA) is 467 Å². The molecule has 0 spiro atoms. The number of benzene rings is 4. The first-order valence-electron chi connectivity index (χ1n) is 28.8. The lowest BCUT2D eigenvalue weighted by Crippen LogP contribution is -2.64. The number of nitrogens with one attached hydrogen (secondary N) is 5. The van der Waals surface area contributed by atoms with E-state index in [2.05, 4.69) is 46.2 Å². The zero-order valence-corrected chi connectivity index (χ0v) is 50.0. The number of β-amino-alcohol motifs (C(OH)–C–C–N with tert-alkyl or cyclic N) is 1. The van der Waals surface area contributed by atoms with Crippen LogP contribution in [0.4, 0.5) is 0 Å². The number of rotatable bonds is 19. The summed E-state index contributed by atoms with van der Waals surface area (Å²) in [5.41, 5.74) is 8.35. The van der Waals surface area contributed by atoms with Crippen LogP contribution in [0.3, 0.4) is 0 Å². The molecule has 488 valence electrons. The molecule has 0 bridgehead atoms. The average molecular weight is 1290 g/mol. The Kier molecular flexibility index (Phi) is 23.0. The summed E-state index contributed by atoms with van der Waals surface area (Å²) in [5, 5.41) is 111. The van der Waals surface area contributed by atoms with Crippen LogP contribution in [0.15, 0.2) is 95.4 Å². The molecule has 15 N–H and O–H groups in total. The fourth-order valence-corrected chi connectivity index (χ4v) is 10.9. The van der Waals surface area contributed by atoms with Crippen molar-refractivity contribution in [1.29, 1.82) is 0 Å². The van der Waals surface area contributed by atoms with Gasteiger partial charge < -0.3 is 91.2 Å². The monoisotopic (exact) mass is 1290 g/mol. The lowest BCUT2D eigenvalue weighted by Gasteiger charge is -2.33. The number of nitrogens with zero attached hydrogens (tertiary/aromatic N) is 4. The maximum Gasteiger partial charge on any atom is 0.261 e. The van der Waals surface area contributed by atoms with Gasteiger partial charge in [0.2, 0.25) is 53.1 Å². The first kappa shape index (κ1) is 68.1. The van der Waals surface area contributed by atoms with Gasteiger partial charge in [-0.1, -0.05) is 53.6 Å². The smallest absolute Gasteiger partial charge is 0.261 e. The molecule has 0 saturated carbocycles. The summed E-state index contributed by atoms with van der Waals surface area (Å²) in [6, 6.07) is 12.6. The normalized spacial score (nSPS) is 24.7. The van der Waals surface area contributed by atoms with E-state index >= 15 is 0 Å². The number of carbonyl (C=O) groups is 8. The number of primary amides is 1. The minimum absolute atomic E-state index is 0.0457. The number of hydrogen-bond acceptors (Lipinski definition) is 24. The highest BCUT2D eigenvalue weighted by atomic mass is 32.2. The molecule has 13 unspecified atom stereocenters. The van der Waals surface area contributed by atoms with Crippen LogP contribution >= 0.6 is 12.3 Å². The molecule has 3 aliphatic rings. The SMILES string of the molecule is CCCOc1ccc(-c2ccc(-c3nnc(-c4ccc(C(=O)NC5CC(O)CNC(=O)C6C(O)C(C)CN6C(=O)C(C(O)CC(N)=O)NC(=O)C(C(O)Cc6ccc(O)c(OSOOO)c6)NC(=O)C6CC(O)CN6C(=O)C(C(C)O)NC5=O)cc4)o3)cc2)cc1. The molecule has 3 aliphatic heterocycles. The first-order valence-corrected chi connectivity index (χ1v) is 29.5. The molecule has 5 aromatic rings. The molecule has 4 aromatic carbocycles. The summed E-state index contributed by atoms with van der Waals surface area (Å²) in [6.45, 7) is 3.45. The van der Waals surface area contributed by atoms with Crippen LogP contribution in [-0.4, -0.2) is 207 Å². The zero-order valence-electron chi connectivity index (χ0n) is 49.2. The molecule has 4 heterocycles. The predicted octanol–water partition coefficient (Wildman–Crippen LogP) is -1.25. The molecule has 8 rings (SSSR count). The van der Waals surface area contributed by atoms with E-state index in [0.29, 0.717) is 17.7 Å². The molecule has 13 atom stereocenters. The highest BCUT2D eigenvalue weighted by Gasteiger charge is 2.50. The van der Waals surface area contributed by atoms with Gasteiger partial charge in [0.05, 0.1) is 49.7 Å². The van der Waals surface area contributed by atoms with Gasteiger partial charge in [0.1, 0.15) is 42.0 Å². The number of aromatic nitrogens is 2. The third-order valence-corrected chi connectivity index (χ3v) is 15.8. The minimum Gasteiger partial charge on any atom is -0.504 e. The third kappa shape index (κ3) is 17.0. The number of fused-ring (bicyclic) bond motifs is 2. The van der Waals surface area contributed by atoms with E-state index in [-0.39, 0.29) is 41.0 Å². The molecule has 31 nitrogen and oxygen atoms in total. The molecule has 8 amide bonds. The highest BCUT2D eigenvalue weighted by molar-refractivity contribution is 7.90. The largest absolute Gasteiger partial charge is 0.504 e. The van der Waals surface area contributed by atoms with Gasteiger partial charge in [0.25, 0.3) is 18.2 Å².